The van der Waals surface area contributed by atoms with Gasteiger partial charge in [-0.15, -0.1) is 0 Å². The zero-order valence-corrected chi connectivity index (χ0v) is 14.0. The third-order valence-corrected chi connectivity index (χ3v) is 4.55. The minimum Gasteiger partial charge on any atom is -0.382 e. The summed E-state index contributed by atoms with van der Waals surface area (Å²) in [6, 6.07) is 4.31. The molecule has 1 saturated carbocycles. The highest BCUT2D eigenvalue weighted by atomic mass is 16.5. The molecule has 1 N–H and O–H groups in total. The van der Waals surface area contributed by atoms with Crippen LogP contribution in [0.4, 0.5) is 5.95 Å². The minimum absolute atomic E-state index is 0. The third-order valence-electron chi connectivity index (χ3n) is 4.55. The number of pyridine rings is 1. The number of anilines is 1. The van der Waals surface area contributed by atoms with Crippen molar-refractivity contribution in [3.8, 4) is 0 Å². The number of amides is 1. The van der Waals surface area contributed by atoms with Crippen molar-refractivity contribution >= 4 is 23.0 Å². The Morgan fingerprint density at radius 3 is 2.79 bits per heavy atom. The molecule has 0 bridgehead atoms. The molecule has 24 heavy (non-hydrogen) atoms. The molecule has 6 heteroatoms. The van der Waals surface area contributed by atoms with Crippen LogP contribution in [0.5, 0.6) is 0 Å². The summed E-state index contributed by atoms with van der Waals surface area (Å²) >= 11 is 0. The lowest BCUT2D eigenvalue weighted by Gasteiger charge is -2.28. The highest BCUT2D eigenvalue weighted by molar-refractivity contribution is 5.91. The fourth-order valence-corrected chi connectivity index (χ4v) is 2.79. The molecule has 0 spiro atoms. The second-order valence-electron chi connectivity index (χ2n) is 6.32. The predicted molar refractivity (Wildman–Crippen MR) is 96.2 cm³/mol. The number of ether oxygens (including phenoxy) is 1. The van der Waals surface area contributed by atoms with Gasteiger partial charge in [0.25, 0.3) is 0 Å². The van der Waals surface area contributed by atoms with Crippen molar-refractivity contribution < 1.29 is 9.53 Å². The molecule has 1 unspecified atom stereocenters. The Bertz CT molecular complexity index is 706. The number of fused-ring (bicyclic) bond motifs is 1. The van der Waals surface area contributed by atoms with Crippen LogP contribution < -0.4 is 5.32 Å². The van der Waals surface area contributed by atoms with Gasteiger partial charge < -0.3 is 4.74 Å². The lowest BCUT2D eigenvalue weighted by molar-refractivity contribution is -0.116. The van der Waals surface area contributed by atoms with Gasteiger partial charge in [-0.1, -0.05) is 7.43 Å². The number of aryl methyl sites for hydroxylation is 1. The van der Waals surface area contributed by atoms with Gasteiger partial charge in [0.2, 0.25) is 11.9 Å². The highest BCUT2D eigenvalue weighted by Crippen LogP contribution is 2.36. The number of carbonyl (C=O) groups excluding carboxylic acids is 1. The fraction of sp³-hybridized carbons (Fsp3) is 0.611. The van der Waals surface area contributed by atoms with E-state index >= 15 is 0 Å². The molecule has 1 aliphatic rings. The van der Waals surface area contributed by atoms with Crippen LogP contribution in [-0.4, -0.2) is 33.7 Å². The Balaban J connectivity index is 0.00000208. The molecule has 0 aliphatic heterocycles. The van der Waals surface area contributed by atoms with Crippen LogP contribution in [0, 0.1) is 6.92 Å². The minimum atomic E-state index is -0.0264. The number of carbonyl (C=O) groups is 1. The van der Waals surface area contributed by atoms with E-state index in [0.717, 1.165) is 29.7 Å². The van der Waals surface area contributed by atoms with Crippen molar-refractivity contribution in [3.63, 3.8) is 0 Å². The van der Waals surface area contributed by atoms with E-state index < -0.39 is 0 Å². The van der Waals surface area contributed by atoms with E-state index in [1.807, 2.05) is 26.0 Å². The summed E-state index contributed by atoms with van der Waals surface area (Å²) in [6.45, 7) is 3.94. The van der Waals surface area contributed by atoms with Crippen LogP contribution in [0.3, 0.4) is 0 Å². The second kappa shape index (κ2) is 7.75. The van der Waals surface area contributed by atoms with Crippen molar-refractivity contribution in [2.24, 2.45) is 0 Å². The molecule has 132 valence electrons. The number of nitrogens with one attached hydrogen (secondary N) is 1. The Morgan fingerprint density at radius 2 is 2.17 bits per heavy atom. The van der Waals surface area contributed by atoms with Gasteiger partial charge in [-0.25, -0.2) is 9.97 Å². The molecule has 1 amide bonds. The summed E-state index contributed by atoms with van der Waals surface area (Å²) in [4.78, 5) is 21.4. The Kier molecular flexibility index (Phi) is 5.94. The maximum Gasteiger partial charge on any atom is 0.226 e. The van der Waals surface area contributed by atoms with Gasteiger partial charge in [-0.3, -0.25) is 14.7 Å². The van der Waals surface area contributed by atoms with Crippen LogP contribution in [0.2, 0.25) is 0 Å². The molecule has 2 aromatic heterocycles. The Morgan fingerprint density at radius 1 is 1.42 bits per heavy atom. The number of hydrogen-bond acceptors (Lipinski definition) is 4. The predicted octanol–water partition coefficient (Wildman–Crippen LogP) is 3.85. The number of rotatable bonds is 6. The average Bonchev–Trinajstić information content (AvgIpc) is 2.81. The van der Waals surface area contributed by atoms with E-state index in [1.165, 1.54) is 6.42 Å². The van der Waals surface area contributed by atoms with E-state index in [1.54, 1.807) is 7.11 Å². The largest absolute Gasteiger partial charge is 0.382 e. The summed E-state index contributed by atoms with van der Waals surface area (Å²) in [5.41, 5.74) is 2.67. The van der Waals surface area contributed by atoms with Crippen LogP contribution in [-0.2, 0) is 9.53 Å². The number of methoxy groups -OCH3 is 1. The lowest BCUT2D eigenvalue weighted by Crippen LogP contribution is -2.23. The first kappa shape index (κ1) is 18.4. The van der Waals surface area contributed by atoms with E-state index in [4.69, 9.17) is 4.74 Å². The second-order valence-corrected chi connectivity index (χ2v) is 6.32. The molecule has 2 aromatic rings. The summed E-state index contributed by atoms with van der Waals surface area (Å²) in [5, 5.41) is 2.97. The number of hydrogen-bond donors (Lipinski definition) is 1. The van der Waals surface area contributed by atoms with Crippen LogP contribution in [0.1, 0.15) is 58.2 Å². The average molecular weight is 332 g/mol. The van der Waals surface area contributed by atoms with Gasteiger partial charge in [0.05, 0.1) is 6.10 Å². The normalized spacial score (nSPS) is 15.6. The molecular weight excluding hydrogens is 304 g/mol. The first-order valence-corrected chi connectivity index (χ1v) is 8.26. The summed E-state index contributed by atoms with van der Waals surface area (Å²) in [7, 11) is 1.66. The van der Waals surface area contributed by atoms with Gasteiger partial charge in [0.1, 0.15) is 5.52 Å². The maximum absolute atomic E-state index is 12.2. The standard InChI is InChI=1S/C17H24N4O2.CH4/c1-11-7-9-14-16(18-11)21(13-5-4-6-13)17(19-14)20-15(22)10-8-12(2)23-3;/h7,9,12-13H,4-6,8,10H2,1-3H3,(H,19,20,22);1H4. The third kappa shape index (κ3) is 3.75. The van der Waals surface area contributed by atoms with E-state index in [0.29, 0.717) is 24.8 Å². The number of imidazole rings is 1. The monoisotopic (exact) mass is 332 g/mol. The molecule has 1 atom stereocenters. The fourth-order valence-electron chi connectivity index (χ4n) is 2.79. The van der Waals surface area contributed by atoms with Crippen molar-refractivity contribution in [1.82, 2.24) is 14.5 Å². The molecule has 0 radical (unpaired) electrons. The van der Waals surface area contributed by atoms with Gasteiger partial charge in [-0.2, -0.15) is 0 Å². The Hall–Kier alpha value is -1.95. The zero-order chi connectivity index (χ0) is 16.4. The molecule has 2 heterocycles. The van der Waals surface area contributed by atoms with Crippen molar-refractivity contribution in [2.45, 2.75) is 65.5 Å². The molecule has 1 aliphatic carbocycles. The quantitative estimate of drug-likeness (QED) is 0.872. The number of nitrogens with zero attached hydrogens (tertiary/aromatic N) is 3. The van der Waals surface area contributed by atoms with Crippen molar-refractivity contribution in [3.05, 3.63) is 17.8 Å². The first-order valence-electron chi connectivity index (χ1n) is 8.26. The lowest BCUT2D eigenvalue weighted by atomic mass is 9.93. The van der Waals surface area contributed by atoms with Crippen LogP contribution in [0.25, 0.3) is 11.2 Å². The maximum atomic E-state index is 12.2. The molecule has 3 rings (SSSR count). The molecule has 1 fully saturated rings. The molecule has 6 nitrogen and oxygen atoms in total. The highest BCUT2D eigenvalue weighted by Gasteiger charge is 2.26. The van der Waals surface area contributed by atoms with Gasteiger partial charge in [0.15, 0.2) is 5.65 Å². The number of aromatic nitrogens is 3. The zero-order valence-electron chi connectivity index (χ0n) is 14.0. The SMILES string of the molecule is C.COC(C)CCC(=O)Nc1nc2ccc(C)nc2n1C1CCC1. The van der Waals surface area contributed by atoms with E-state index in [-0.39, 0.29) is 19.4 Å². The van der Waals surface area contributed by atoms with Gasteiger partial charge in [0, 0.05) is 25.3 Å². The van der Waals surface area contributed by atoms with Gasteiger partial charge in [-0.05, 0) is 51.7 Å². The summed E-state index contributed by atoms with van der Waals surface area (Å²) < 4.78 is 7.29. The summed E-state index contributed by atoms with van der Waals surface area (Å²) in [5.74, 6) is 0.597. The van der Waals surface area contributed by atoms with Crippen molar-refractivity contribution in [2.75, 3.05) is 12.4 Å². The van der Waals surface area contributed by atoms with Crippen LogP contribution >= 0.6 is 0 Å². The van der Waals surface area contributed by atoms with Crippen LogP contribution in [0.15, 0.2) is 12.1 Å². The molecule has 0 aromatic carbocycles. The molecular formula is C18H28N4O2. The van der Waals surface area contributed by atoms with Crippen molar-refractivity contribution in [1.29, 1.82) is 0 Å². The smallest absolute Gasteiger partial charge is 0.226 e. The molecule has 0 saturated heterocycles. The van der Waals surface area contributed by atoms with E-state index in [2.05, 4.69) is 19.9 Å². The summed E-state index contributed by atoms with van der Waals surface area (Å²) in [6.07, 6.45) is 4.65. The Labute approximate surface area is 143 Å². The van der Waals surface area contributed by atoms with Gasteiger partial charge >= 0.3 is 0 Å². The topological polar surface area (TPSA) is 69.0 Å². The first-order chi connectivity index (χ1) is 11.1. The van der Waals surface area contributed by atoms with E-state index in [9.17, 15) is 4.79 Å².